The summed E-state index contributed by atoms with van der Waals surface area (Å²) in [6.45, 7) is 1.20. The minimum Gasteiger partial charge on any atom is -0.464 e. The maximum atomic E-state index is 12.5. The molecule has 120 valence electrons. The highest BCUT2D eigenvalue weighted by Gasteiger charge is 2.61. The maximum Gasteiger partial charge on any atom is 0.310 e. The number of carbonyl (C=O) groups excluding carboxylic acids is 1. The van der Waals surface area contributed by atoms with Gasteiger partial charge in [-0.15, -0.1) is 0 Å². The highest BCUT2D eigenvalue weighted by atomic mass is 16.5. The number of nitrogens with zero attached hydrogens (tertiary/aromatic N) is 1. The fourth-order valence-corrected chi connectivity index (χ4v) is 3.25. The van der Waals surface area contributed by atoms with Gasteiger partial charge in [-0.25, -0.2) is 0 Å². The first-order chi connectivity index (χ1) is 11.1. The molecule has 3 rings (SSSR count). The summed E-state index contributed by atoms with van der Waals surface area (Å²) in [5, 5.41) is 0. The van der Waals surface area contributed by atoms with Crippen molar-refractivity contribution in [2.75, 3.05) is 27.2 Å². The predicted molar refractivity (Wildman–Crippen MR) is 91.3 cm³/mol. The van der Waals surface area contributed by atoms with E-state index in [2.05, 4.69) is 24.3 Å². The number of rotatable bonds is 6. The van der Waals surface area contributed by atoms with Gasteiger partial charge in [0.2, 0.25) is 0 Å². The second-order valence-electron chi connectivity index (χ2n) is 6.43. The summed E-state index contributed by atoms with van der Waals surface area (Å²) in [4.78, 5) is 14.5. The summed E-state index contributed by atoms with van der Waals surface area (Å²) < 4.78 is 5.49. The van der Waals surface area contributed by atoms with Crippen molar-refractivity contribution in [3.05, 3.63) is 71.8 Å². The average Bonchev–Trinajstić information content (AvgIpc) is 3.33. The molecule has 23 heavy (non-hydrogen) atoms. The van der Waals surface area contributed by atoms with E-state index in [1.165, 1.54) is 11.1 Å². The Labute approximate surface area is 137 Å². The molecule has 0 aliphatic heterocycles. The molecular weight excluding hydrogens is 286 g/mol. The van der Waals surface area contributed by atoms with Gasteiger partial charge in [-0.1, -0.05) is 60.7 Å². The van der Waals surface area contributed by atoms with Crippen LogP contribution in [-0.2, 0) is 14.9 Å². The first-order valence-corrected chi connectivity index (χ1v) is 8.07. The largest absolute Gasteiger partial charge is 0.464 e. The summed E-state index contributed by atoms with van der Waals surface area (Å²) in [7, 11) is 3.95. The van der Waals surface area contributed by atoms with Gasteiger partial charge in [0.1, 0.15) is 6.61 Å². The minimum absolute atomic E-state index is 0.0837. The summed E-state index contributed by atoms with van der Waals surface area (Å²) in [5.41, 5.74) is 2.17. The fourth-order valence-electron chi connectivity index (χ4n) is 3.25. The lowest BCUT2D eigenvalue weighted by Gasteiger charge is -2.19. The Morgan fingerprint density at radius 1 is 1.04 bits per heavy atom. The lowest BCUT2D eigenvalue weighted by Crippen LogP contribution is -2.23. The highest BCUT2D eigenvalue weighted by Crippen LogP contribution is 2.59. The van der Waals surface area contributed by atoms with Crippen molar-refractivity contribution < 1.29 is 9.53 Å². The molecule has 1 aliphatic carbocycles. The van der Waals surface area contributed by atoms with Crippen molar-refractivity contribution in [1.82, 2.24) is 4.90 Å². The van der Waals surface area contributed by atoms with E-state index in [1.54, 1.807) is 0 Å². The number of hydrogen-bond acceptors (Lipinski definition) is 3. The Bertz CT molecular complexity index is 612. The summed E-state index contributed by atoms with van der Waals surface area (Å²) in [6.07, 6.45) is 0.821. The molecule has 0 saturated heterocycles. The zero-order valence-electron chi connectivity index (χ0n) is 13.7. The molecule has 2 aromatic rings. The Morgan fingerprint density at radius 2 is 1.57 bits per heavy atom. The van der Waals surface area contributed by atoms with E-state index in [9.17, 15) is 4.79 Å². The van der Waals surface area contributed by atoms with Crippen molar-refractivity contribution in [3.8, 4) is 0 Å². The van der Waals surface area contributed by atoms with E-state index in [0.29, 0.717) is 6.61 Å². The molecule has 1 unspecified atom stereocenters. The van der Waals surface area contributed by atoms with E-state index in [4.69, 9.17) is 4.74 Å². The molecular formula is C20H23NO2. The Morgan fingerprint density at radius 3 is 2.04 bits per heavy atom. The lowest BCUT2D eigenvalue weighted by molar-refractivity contribution is -0.145. The zero-order chi connectivity index (χ0) is 16.3. The molecule has 1 aliphatic rings. The smallest absolute Gasteiger partial charge is 0.310 e. The van der Waals surface area contributed by atoms with Crippen LogP contribution in [0.2, 0.25) is 0 Å². The Kier molecular flexibility index (Phi) is 4.49. The molecule has 1 saturated carbocycles. The SMILES string of the molecule is CN(C)CCOC(=O)C1CC1(c1ccccc1)c1ccccc1. The lowest BCUT2D eigenvalue weighted by atomic mass is 9.86. The van der Waals surface area contributed by atoms with E-state index >= 15 is 0 Å². The first-order valence-electron chi connectivity index (χ1n) is 8.07. The molecule has 2 aromatic carbocycles. The van der Waals surface area contributed by atoms with Crippen LogP contribution in [0.5, 0.6) is 0 Å². The third-order valence-electron chi connectivity index (χ3n) is 4.61. The van der Waals surface area contributed by atoms with Gasteiger partial charge in [0.05, 0.1) is 5.92 Å². The number of ether oxygens (including phenoxy) is 1. The van der Waals surface area contributed by atoms with Gasteiger partial charge in [-0.2, -0.15) is 0 Å². The monoisotopic (exact) mass is 309 g/mol. The zero-order valence-corrected chi connectivity index (χ0v) is 13.7. The second kappa shape index (κ2) is 6.55. The van der Waals surface area contributed by atoms with E-state index in [-0.39, 0.29) is 17.3 Å². The number of esters is 1. The van der Waals surface area contributed by atoms with Crippen LogP contribution in [0.4, 0.5) is 0 Å². The van der Waals surface area contributed by atoms with Gasteiger partial charge in [-0.05, 0) is 31.6 Å². The molecule has 0 heterocycles. The molecule has 0 bridgehead atoms. The molecule has 0 N–H and O–H groups in total. The van der Waals surface area contributed by atoms with Gasteiger partial charge >= 0.3 is 5.97 Å². The third kappa shape index (κ3) is 3.15. The van der Waals surface area contributed by atoms with Crippen molar-refractivity contribution >= 4 is 5.97 Å². The first kappa shape index (κ1) is 15.8. The summed E-state index contributed by atoms with van der Waals surface area (Å²) >= 11 is 0. The highest BCUT2D eigenvalue weighted by molar-refractivity contribution is 5.81. The van der Waals surface area contributed by atoms with Gasteiger partial charge < -0.3 is 9.64 Å². The van der Waals surface area contributed by atoms with Crippen LogP contribution in [0.1, 0.15) is 17.5 Å². The fraction of sp³-hybridized carbons (Fsp3) is 0.350. The standard InChI is InChI=1S/C20H23NO2/c1-21(2)13-14-23-19(22)18-15-20(18,16-9-5-3-6-10-16)17-11-7-4-8-12-17/h3-12,18H,13-15H2,1-2H3. The van der Waals surface area contributed by atoms with Crippen LogP contribution in [-0.4, -0.2) is 38.1 Å². The average molecular weight is 309 g/mol. The van der Waals surface area contributed by atoms with Crippen LogP contribution >= 0.6 is 0 Å². The molecule has 1 atom stereocenters. The van der Waals surface area contributed by atoms with Crippen molar-refractivity contribution in [2.45, 2.75) is 11.8 Å². The Hall–Kier alpha value is -2.13. The van der Waals surface area contributed by atoms with Crippen molar-refractivity contribution in [1.29, 1.82) is 0 Å². The van der Waals surface area contributed by atoms with Crippen LogP contribution < -0.4 is 0 Å². The van der Waals surface area contributed by atoms with Gasteiger partial charge in [-0.3, -0.25) is 4.79 Å². The quantitative estimate of drug-likeness (QED) is 0.768. The van der Waals surface area contributed by atoms with Crippen molar-refractivity contribution in [3.63, 3.8) is 0 Å². The molecule has 3 heteroatoms. The molecule has 0 spiro atoms. The number of benzene rings is 2. The van der Waals surface area contributed by atoms with Crippen LogP contribution in [0.3, 0.4) is 0 Å². The molecule has 1 fully saturated rings. The van der Waals surface area contributed by atoms with Crippen LogP contribution in [0.25, 0.3) is 0 Å². The molecule has 0 aromatic heterocycles. The third-order valence-corrected chi connectivity index (χ3v) is 4.61. The minimum atomic E-state index is -0.224. The predicted octanol–water partition coefficient (Wildman–Crippen LogP) is 3.10. The topological polar surface area (TPSA) is 29.5 Å². The normalized spacial score (nSPS) is 18.7. The molecule has 0 radical (unpaired) electrons. The summed E-state index contributed by atoms with van der Waals surface area (Å²) in [6, 6.07) is 20.6. The van der Waals surface area contributed by atoms with Gasteiger partial charge in [0.15, 0.2) is 0 Å². The maximum absolute atomic E-state index is 12.5. The van der Waals surface area contributed by atoms with Gasteiger partial charge in [0, 0.05) is 12.0 Å². The number of carbonyl (C=O) groups is 1. The van der Waals surface area contributed by atoms with Crippen molar-refractivity contribution in [2.24, 2.45) is 5.92 Å². The van der Waals surface area contributed by atoms with Crippen LogP contribution in [0, 0.1) is 5.92 Å². The van der Waals surface area contributed by atoms with E-state index in [0.717, 1.165) is 13.0 Å². The van der Waals surface area contributed by atoms with Crippen LogP contribution in [0.15, 0.2) is 60.7 Å². The molecule has 0 amide bonds. The van der Waals surface area contributed by atoms with E-state index < -0.39 is 0 Å². The number of hydrogen-bond donors (Lipinski definition) is 0. The Balaban J connectivity index is 1.82. The molecule has 3 nitrogen and oxygen atoms in total. The van der Waals surface area contributed by atoms with Gasteiger partial charge in [0.25, 0.3) is 0 Å². The second-order valence-corrected chi connectivity index (χ2v) is 6.43. The summed E-state index contributed by atoms with van der Waals surface area (Å²) in [5.74, 6) is -0.172. The van der Waals surface area contributed by atoms with E-state index in [1.807, 2.05) is 55.4 Å². The number of likely N-dealkylation sites (N-methyl/N-ethyl adjacent to an activating group) is 1.